The fourth-order valence-corrected chi connectivity index (χ4v) is 12.0. The molecule has 10 aromatic rings. The summed E-state index contributed by atoms with van der Waals surface area (Å²) in [6, 6.07) is 85.8. The zero-order valence-electron chi connectivity index (χ0n) is 35.3. The van der Waals surface area contributed by atoms with Crippen LogP contribution in [0, 0.1) is 0 Å². The van der Waals surface area contributed by atoms with Crippen molar-refractivity contribution in [3.05, 3.63) is 281 Å². The fraction of sp³-hybridized carbons (Fsp3) is 0.0323. The normalized spacial score (nSPS) is 14.3. The Bertz CT molecular complexity index is 3470. The van der Waals surface area contributed by atoms with Crippen molar-refractivity contribution < 1.29 is 9.47 Å². The van der Waals surface area contributed by atoms with Crippen molar-refractivity contribution >= 4 is 17.1 Å². The summed E-state index contributed by atoms with van der Waals surface area (Å²) in [5.74, 6) is 2.78. The van der Waals surface area contributed by atoms with E-state index in [0.29, 0.717) is 17.2 Å². The highest BCUT2D eigenvalue weighted by molar-refractivity contribution is 6.00. The molecule has 0 fully saturated rings. The van der Waals surface area contributed by atoms with Crippen LogP contribution in [0.15, 0.2) is 237 Å². The first kappa shape index (κ1) is 36.1. The Morgan fingerprint density at radius 1 is 0.277 bits per heavy atom. The molecule has 3 nitrogen and oxygen atoms in total. The minimum absolute atomic E-state index is 0.505. The molecule has 0 saturated heterocycles. The molecule has 0 aromatic heterocycles. The molecule has 0 saturated carbocycles. The lowest BCUT2D eigenvalue weighted by Crippen LogP contribution is -2.28. The first-order valence-electron chi connectivity index (χ1n) is 22.4. The van der Waals surface area contributed by atoms with Crippen molar-refractivity contribution in [1.29, 1.82) is 0 Å². The fourth-order valence-electron chi connectivity index (χ4n) is 12.0. The van der Waals surface area contributed by atoms with Crippen LogP contribution in [0.1, 0.15) is 44.5 Å². The second-order valence-electron chi connectivity index (χ2n) is 17.4. The van der Waals surface area contributed by atoms with Crippen LogP contribution < -0.4 is 14.4 Å². The van der Waals surface area contributed by atoms with Crippen LogP contribution in [0.5, 0.6) is 23.0 Å². The Labute approximate surface area is 378 Å². The number of ether oxygens (including phenoxy) is 2. The third-order valence-corrected chi connectivity index (χ3v) is 14.4. The lowest BCUT2D eigenvalue weighted by molar-refractivity contribution is 0.361. The van der Waals surface area contributed by atoms with Gasteiger partial charge in [-0.1, -0.05) is 200 Å². The summed E-state index contributed by atoms with van der Waals surface area (Å²) in [7, 11) is 0. The summed E-state index contributed by atoms with van der Waals surface area (Å²) in [4.78, 5) is 2.37. The van der Waals surface area contributed by atoms with Crippen molar-refractivity contribution in [2.45, 2.75) is 10.8 Å². The number of anilines is 3. The van der Waals surface area contributed by atoms with Gasteiger partial charge in [0.05, 0.1) is 22.2 Å². The maximum absolute atomic E-state index is 7.51. The summed E-state index contributed by atoms with van der Waals surface area (Å²) in [5.41, 5.74) is 19.1. The van der Waals surface area contributed by atoms with Crippen LogP contribution in [0.2, 0.25) is 0 Å². The van der Waals surface area contributed by atoms with Gasteiger partial charge in [-0.2, -0.15) is 0 Å². The van der Waals surface area contributed by atoms with E-state index < -0.39 is 10.8 Å². The van der Waals surface area contributed by atoms with Gasteiger partial charge in [-0.15, -0.1) is 0 Å². The van der Waals surface area contributed by atoms with E-state index in [9.17, 15) is 0 Å². The van der Waals surface area contributed by atoms with Crippen molar-refractivity contribution in [2.24, 2.45) is 0 Å². The summed E-state index contributed by atoms with van der Waals surface area (Å²) >= 11 is 0. The smallest absolute Gasteiger partial charge is 0.194 e. The third kappa shape index (κ3) is 4.69. The lowest BCUT2D eigenvalue weighted by atomic mass is 9.68. The number of benzene rings is 10. The molecule has 3 heteroatoms. The van der Waals surface area contributed by atoms with E-state index in [1.54, 1.807) is 0 Å². The Morgan fingerprint density at radius 2 is 0.723 bits per heavy atom. The van der Waals surface area contributed by atoms with Crippen molar-refractivity contribution in [3.8, 4) is 56.4 Å². The van der Waals surface area contributed by atoms with Gasteiger partial charge in [0.15, 0.2) is 23.0 Å². The molecule has 3 aliphatic carbocycles. The van der Waals surface area contributed by atoms with E-state index in [-0.39, 0.29) is 0 Å². The standard InChI is InChI=1S/C62H39NO2/c1-4-20-40(21-5-1)61(41-22-6-2-7-23-41)49-32-16-12-28-45(49)57-51(61)34-18-35-53(57)63(42-24-8-3-9-25-42)54-36-19-37-55-59(54)65-60-56(64-55)39-38-52-58(60)46-29-13-17-33-50(46)62(52)47-30-14-10-26-43(47)44-27-11-15-31-48(44)62/h1-39H. The first-order valence-corrected chi connectivity index (χ1v) is 22.4. The molecule has 0 N–H and O–H groups in total. The van der Waals surface area contributed by atoms with Crippen LogP contribution in [0.4, 0.5) is 17.1 Å². The number of fused-ring (bicyclic) bond motifs is 16. The van der Waals surface area contributed by atoms with Gasteiger partial charge < -0.3 is 14.4 Å². The van der Waals surface area contributed by atoms with Gasteiger partial charge in [-0.3, -0.25) is 0 Å². The van der Waals surface area contributed by atoms with Gasteiger partial charge in [0.1, 0.15) is 0 Å². The SMILES string of the molecule is c1ccc(N(c2cccc3c2Oc2c(ccc4c2-c2ccccc2C42c4ccccc4-c4ccccc42)O3)c2cccc3c2-c2ccccc2C3(c2ccccc2)c2ccccc2)cc1. The maximum atomic E-state index is 7.51. The topological polar surface area (TPSA) is 21.7 Å². The van der Waals surface area contributed by atoms with Gasteiger partial charge in [-0.05, 0) is 103 Å². The molecule has 0 unspecified atom stereocenters. The molecule has 0 amide bonds. The maximum Gasteiger partial charge on any atom is 0.194 e. The largest absolute Gasteiger partial charge is 0.449 e. The minimum Gasteiger partial charge on any atom is -0.449 e. The van der Waals surface area contributed by atoms with E-state index in [1.165, 1.54) is 66.8 Å². The van der Waals surface area contributed by atoms with E-state index in [0.717, 1.165) is 33.9 Å². The van der Waals surface area contributed by atoms with E-state index >= 15 is 0 Å². The number of rotatable bonds is 5. The Morgan fingerprint density at radius 3 is 1.35 bits per heavy atom. The third-order valence-electron chi connectivity index (χ3n) is 14.4. The first-order chi connectivity index (χ1) is 32.3. The average molecular weight is 830 g/mol. The number of para-hydroxylation sites is 2. The summed E-state index contributed by atoms with van der Waals surface area (Å²) in [6.07, 6.45) is 0. The van der Waals surface area contributed by atoms with Gasteiger partial charge in [0.2, 0.25) is 0 Å². The summed E-state index contributed by atoms with van der Waals surface area (Å²) in [6.45, 7) is 0. The molecule has 4 aliphatic rings. The number of nitrogens with zero attached hydrogens (tertiary/aromatic N) is 1. The molecule has 1 spiro atoms. The second-order valence-corrected chi connectivity index (χ2v) is 17.4. The van der Waals surface area contributed by atoms with Crippen molar-refractivity contribution in [1.82, 2.24) is 0 Å². The highest BCUT2D eigenvalue weighted by Crippen LogP contribution is 2.67. The van der Waals surface area contributed by atoms with E-state index in [4.69, 9.17) is 9.47 Å². The number of hydrogen-bond acceptors (Lipinski definition) is 3. The van der Waals surface area contributed by atoms with Crippen LogP contribution in [0.25, 0.3) is 33.4 Å². The molecular weight excluding hydrogens is 791 g/mol. The lowest BCUT2D eigenvalue weighted by Gasteiger charge is -2.35. The summed E-state index contributed by atoms with van der Waals surface area (Å²) in [5, 5.41) is 0. The van der Waals surface area contributed by atoms with Crippen molar-refractivity contribution in [3.63, 3.8) is 0 Å². The molecular formula is C62H39NO2. The Hall–Kier alpha value is -8.40. The Balaban J connectivity index is 1.01. The van der Waals surface area contributed by atoms with Crippen LogP contribution in [0.3, 0.4) is 0 Å². The predicted octanol–water partition coefficient (Wildman–Crippen LogP) is 15.8. The molecule has 0 radical (unpaired) electrons. The highest BCUT2D eigenvalue weighted by Gasteiger charge is 2.53. The van der Waals surface area contributed by atoms with Crippen LogP contribution >= 0.6 is 0 Å². The number of hydrogen-bond donors (Lipinski definition) is 0. The molecule has 10 aromatic carbocycles. The highest BCUT2D eigenvalue weighted by atomic mass is 16.6. The quantitative estimate of drug-likeness (QED) is 0.172. The van der Waals surface area contributed by atoms with E-state index in [2.05, 4.69) is 235 Å². The van der Waals surface area contributed by atoms with Gasteiger partial charge in [0, 0.05) is 16.8 Å². The molecule has 1 heterocycles. The second kappa shape index (κ2) is 13.6. The zero-order chi connectivity index (χ0) is 42.7. The molecule has 65 heavy (non-hydrogen) atoms. The van der Waals surface area contributed by atoms with Crippen LogP contribution in [-0.4, -0.2) is 0 Å². The molecule has 0 bridgehead atoms. The predicted molar refractivity (Wildman–Crippen MR) is 261 cm³/mol. The van der Waals surface area contributed by atoms with Gasteiger partial charge in [-0.25, -0.2) is 0 Å². The van der Waals surface area contributed by atoms with Gasteiger partial charge >= 0.3 is 0 Å². The molecule has 304 valence electrons. The Kier molecular flexibility index (Phi) is 7.53. The monoisotopic (exact) mass is 829 g/mol. The summed E-state index contributed by atoms with van der Waals surface area (Å²) < 4.78 is 14.5. The molecule has 0 atom stereocenters. The average Bonchev–Trinajstić information content (AvgIpc) is 3.98. The molecule has 1 aliphatic heterocycles. The zero-order valence-corrected chi connectivity index (χ0v) is 35.3. The minimum atomic E-state index is -0.553. The van der Waals surface area contributed by atoms with E-state index in [1.807, 2.05) is 6.07 Å². The van der Waals surface area contributed by atoms with Crippen LogP contribution in [-0.2, 0) is 10.8 Å². The molecule has 14 rings (SSSR count). The van der Waals surface area contributed by atoms with Gasteiger partial charge in [0.25, 0.3) is 0 Å². The van der Waals surface area contributed by atoms with Crippen molar-refractivity contribution in [2.75, 3.05) is 4.90 Å².